The van der Waals surface area contributed by atoms with E-state index in [1.165, 1.54) is 0 Å². The molecular weight excluding hydrogens is 476 g/mol. The zero-order chi connectivity index (χ0) is 27.0. The molecule has 5 rings (SSSR count). The van der Waals surface area contributed by atoms with Gasteiger partial charge in [-0.15, -0.1) is 0 Å². The highest BCUT2D eigenvalue weighted by Gasteiger charge is 2.24. The zero-order valence-corrected chi connectivity index (χ0v) is 22.0. The Morgan fingerprint density at radius 3 is 2.55 bits per heavy atom. The van der Waals surface area contributed by atoms with Crippen LogP contribution in [0.25, 0.3) is 22.2 Å². The molecule has 5 aromatic rings. The van der Waals surface area contributed by atoms with Crippen LogP contribution >= 0.6 is 0 Å². The number of hydrogen-bond donors (Lipinski definition) is 1. The number of nitrogens with zero attached hydrogens (tertiary/aromatic N) is 5. The lowest BCUT2D eigenvalue weighted by molar-refractivity contribution is 0.0938. The van der Waals surface area contributed by atoms with Crippen molar-refractivity contribution >= 4 is 22.5 Å². The number of hydrogen-bond acceptors (Lipinski definition) is 5. The minimum absolute atomic E-state index is 0.224. The molecule has 3 heterocycles. The van der Waals surface area contributed by atoms with Crippen molar-refractivity contribution < 1.29 is 4.79 Å². The number of para-hydroxylation sites is 1. The molecule has 0 bridgehead atoms. The van der Waals surface area contributed by atoms with Crippen LogP contribution in [0.4, 0.5) is 0 Å². The number of rotatable bonds is 4. The predicted octanol–water partition coefficient (Wildman–Crippen LogP) is 4.63. The number of aryl methyl sites for hydroxylation is 1. The fourth-order valence-corrected chi connectivity index (χ4v) is 4.32. The maximum atomic E-state index is 14.1. The number of aromatic nitrogens is 5. The number of amides is 1. The highest BCUT2D eigenvalue weighted by Crippen LogP contribution is 2.22. The second-order valence-electron chi connectivity index (χ2n) is 10.2. The molecule has 2 aromatic carbocycles. The summed E-state index contributed by atoms with van der Waals surface area (Å²) < 4.78 is 3.12. The van der Waals surface area contributed by atoms with E-state index in [0.29, 0.717) is 44.9 Å². The van der Waals surface area contributed by atoms with Gasteiger partial charge in [-0.3, -0.25) is 14.2 Å². The van der Waals surface area contributed by atoms with Crippen molar-refractivity contribution in [3.63, 3.8) is 0 Å². The van der Waals surface area contributed by atoms with Crippen molar-refractivity contribution in [3.05, 3.63) is 100.0 Å². The van der Waals surface area contributed by atoms with Crippen LogP contribution in [0.5, 0.6) is 0 Å². The largest absolute Gasteiger partial charge is 0.342 e. The van der Waals surface area contributed by atoms with E-state index < -0.39 is 6.04 Å². The summed E-state index contributed by atoms with van der Waals surface area (Å²) in [7, 11) is 0. The van der Waals surface area contributed by atoms with Crippen molar-refractivity contribution in [2.24, 2.45) is 5.41 Å². The van der Waals surface area contributed by atoms with E-state index in [9.17, 15) is 9.59 Å². The first-order valence-electron chi connectivity index (χ1n) is 12.4. The van der Waals surface area contributed by atoms with Crippen LogP contribution < -0.4 is 10.9 Å². The highest BCUT2D eigenvalue weighted by molar-refractivity contribution is 6.01. The molecule has 0 radical (unpaired) electrons. The third kappa shape index (κ3) is 4.66. The van der Waals surface area contributed by atoms with E-state index >= 15 is 0 Å². The van der Waals surface area contributed by atoms with Crippen molar-refractivity contribution in [2.75, 3.05) is 0 Å². The van der Waals surface area contributed by atoms with Gasteiger partial charge in [0.05, 0.1) is 28.3 Å². The first kappa shape index (κ1) is 24.9. The van der Waals surface area contributed by atoms with Gasteiger partial charge in [-0.05, 0) is 65.0 Å². The van der Waals surface area contributed by atoms with Gasteiger partial charge in [0.25, 0.3) is 11.5 Å². The standard InChI is InChI=1S/C30H28N6O2/c1-19-24(27-31-17-10-18-35(27)34-19)28(37)32-20(2)26-33-23-14-9-11-21(15-16-30(3,4)5)25(23)29(38)36(26)22-12-7-6-8-13-22/h6-14,17-18,20H,1-5H3,(H,32,37)/t20-/m1/s1. The van der Waals surface area contributed by atoms with E-state index in [4.69, 9.17) is 4.98 Å². The summed E-state index contributed by atoms with van der Waals surface area (Å²) in [6.45, 7) is 9.64. The summed E-state index contributed by atoms with van der Waals surface area (Å²) in [4.78, 5) is 36.7. The SMILES string of the molecule is Cc1nn2cccnc2c1C(=O)N[C@H](C)c1nc2cccc(C#CC(C)(C)C)c2c(=O)n1-c1ccccc1. The van der Waals surface area contributed by atoms with Crippen LogP contribution in [0.15, 0.2) is 71.8 Å². The Labute approximate surface area is 220 Å². The summed E-state index contributed by atoms with van der Waals surface area (Å²) in [6.07, 6.45) is 3.36. The Hall–Kier alpha value is -4.77. The smallest absolute Gasteiger partial charge is 0.267 e. The van der Waals surface area contributed by atoms with Crippen LogP contribution in [-0.2, 0) is 0 Å². The molecule has 8 nitrogen and oxygen atoms in total. The van der Waals surface area contributed by atoms with Crippen LogP contribution in [0, 0.1) is 24.2 Å². The normalized spacial score (nSPS) is 12.2. The van der Waals surface area contributed by atoms with Crippen molar-refractivity contribution in [3.8, 4) is 17.5 Å². The maximum Gasteiger partial charge on any atom is 0.267 e. The van der Waals surface area contributed by atoms with Gasteiger partial charge in [0.15, 0.2) is 5.65 Å². The van der Waals surface area contributed by atoms with Crippen LogP contribution in [0.2, 0.25) is 0 Å². The molecule has 38 heavy (non-hydrogen) atoms. The summed E-state index contributed by atoms with van der Waals surface area (Å²) in [5.41, 5.74) is 2.72. The predicted molar refractivity (Wildman–Crippen MR) is 147 cm³/mol. The quantitative estimate of drug-likeness (QED) is 0.360. The first-order chi connectivity index (χ1) is 18.1. The molecule has 0 spiro atoms. The lowest BCUT2D eigenvalue weighted by atomic mass is 9.97. The summed E-state index contributed by atoms with van der Waals surface area (Å²) in [6, 6.07) is 15.9. The highest BCUT2D eigenvalue weighted by atomic mass is 16.2. The Kier molecular flexibility index (Phi) is 6.29. The van der Waals surface area contributed by atoms with Gasteiger partial charge in [-0.25, -0.2) is 14.5 Å². The average molecular weight is 505 g/mol. The summed E-state index contributed by atoms with van der Waals surface area (Å²) in [5.74, 6) is 6.46. The molecule has 1 N–H and O–H groups in total. The van der Waals surface area contributed by atoms with Crippen LogP contribution in [-0.4, -0.2) is 30.1 Å². The van der Waals surface area contributed by atoms with E-state index in [2.05, 4.69) is 27.2 Å². The fourth-order valence-electron chi connectivity index (χ4n) is 4.32. The third-order valence-corrected chi connectivity index (χ3v) is 6.04. The molecule has 0 aliphatic heterocycles. The zero-order valence-electron chi connectivity index (χ0n) is 22.0. The molecule has 0 aliphatic rings. The molecule has 1 amide bonds. The van der Waals surface area contributed by atoms with E-state index in [0.717, 1.165) is 0 Å². The minimum Gasteiger partial charge on any atom is -0.342 e. The lowest BCUT2D eigenvalue weighted by Gasteiger charge is -2.20. The van der Waals surface area contributed by atoms with E-state index in [1.54, 1.807) is 40.5 Å². The summed E-state index contributed by atoms with van der Waals surface area (Å²) >= 11 is 0. The average Bonchev–Trinajstić information content (AvgIpc) is 3.23. The molecule has 0 saturated carbocycles. The Balaban J connectivity index is 1.66. The van der Waals surface area contributed by atoms with Crippen molar-refractivity contribution in [2.45, 2.75) is 40.7 Å². The topological polar surface area (TPSA) is 94.2 Å². The van der Waals surface area contributed by atoms with Gasteiger partial charge in [0.2, 0.25) is 0 Å². The van der Waals surface area contributed by atoms with E-state index in [1.807, 2.05) is 70.2 Å². The molecule has 1 atom stereocenters. The van der Waals surface area contributed by atoms with Gasteiger partial charge in [-0.1, -0.05) is 36.1 Å². The minimum atomic E-state index is -0.609. The number of fused-ring (bicyclic) bond motifs is 2. The molecule has 0 fully saturated rings. The second-order valence-corrected chi connectivity index (χ2v) is 10.2. The molecule has 0 saturated heterocycles. The molecule has 8 heteroatoms. The Morgan fingerprint density at radius 1 is 1.05 bits per heavy atom. The number of carbonyl (C=O) groups excluding carboxylic acids is 1. The van der Waals surface area contributed by atoms with Crippen molar-refractivity contribution in [1.82, 2.24) is 29.5 Å². The lowest BCUT2D eigenvalue weighted by Crippen LogP contribution is -2.33. The molecule has 0 unspecified atom stereocenters. The van der Waals surface area contributed by atoms with Gasteiger partial charge in [0, 0.05) is 23.4 Å². The first-order valence-corrected chi connectivity index (χ1v) is 12.4. The monoisotopic (exact) mass is 504 g/mol. The molecular formula is C30H28N6O2. The summed E-state index contributed by atoms with van der Waals surface area (Å²) in [5, 5.41) is 7.84. The van der Waals surface area contributed by atoms with Gasteiger partial charge < -0.3 is 5.32 Å². The molecule has 0 aliphatic carbocycles. The fraction of sp³-hybridized carbons (Fsp3) is 0.233. The number of carbonyl (C=O) groups is 1. The maximum absolute atomic E-state index is 14.1. The number of benzene rings is 2. The third-order valence-electron chi connectivity index (χ3n) is 6.04. The molecule has 190 valence electrons. The second kappa shape index (κ2) is 9.60. The number of nitrogens with one attached hydrogen (secondary N) is 1. The Bertz CT molecular complexity index is 1800. The van der Waals surface area contributed by atoms with Crippen molar-refractivity contribution in [1.29, 1.82) is 0 Å². The van der Waals surface area contributed by atoms with Crippen LogP contribution in [0.1, 0.15) is 61.2 Å². The van der Waals surface area contributed by atoms with Gasteiger partial charge in [-0.2, -0.15) is 5.10 Å². The van der Waals surface area contributed by atoms with Crippen LogP contribution in [0.3, 0.4) is 0 Å². The van der Waals surface area contributed by atoms with Gasteiger partial charge >= 0.3 is 0 Å². The van der Waals surface area contributed by atoms with Gasteiger partial charge in [0.1, 0.15) is 11.4 Å². The molecule has 3 aromatic heterocycles. The Morgan fingerprint density at radius 2 is 1.82 bits per heavy atom. The van der Waals surface area contributed by atoms with E-state index in [-0.39, 0.29) is 16.9 Å².